The predicted octanol–water partition coefficient (Wildman–Crippen LogP) is 4.15. The maximum atomic E-state index is 5.78. The molecular formula is C18H22ClNO. The van der Waals surface area contributed by atoms with E-state index in [1.54, 1.807) is 7.11 Å². The molecule has 1 aliphatic carbocycles. The average Bonchev–Trinajstić information content (AvgIpc) is 3.27. The number of halogens is 1. The summed E-state index contributed by atoms with van der Waals surface area (Å²) < 4.78 is 5.51. The Kier molecular flexibility index (Phi) is 4.92. The van der Waals surface area contributed by atoms with Gasteiger partial charge in [0.05, 0.1) is 7.11 Å². The van der Waals surface area contributed by atoms with E-state index in [0.29, 0.717) is 11.8 Å². The van der Waals surface area contributed by atoms with Crippen molar-refractivity contribution in [3.63, 3.8) is 0 Å². The molecule has 2 N–H and O–H groups in total. The molecule has 0 bridgehead atoms. The lowest BCUT2D eigenvalue weighted by atomic mass is 9.99. The smallest absolute Gasteiger partial charge is 0.122 e. The summed E-state index contributed by atoms with van der Waals surface area (Å²) in [6.07, 6.45) is 1.18. The molecule has 0 heterocycles. The van der Waals surface area contributed by atoms with Crippen LogP contribution in [0.1, 0.15) is 23.5 Å². The number of rotatable bonds is 4. The molecule has 0 amide bonds. The minimum Gasteiger partial charge on any atom is -0.496 e. The summed E-state index contributed by atoms with van der Waals surface area (Å²) >= 11 is 0. The molecule has 0 unspecified atom stereocenters. The van der Waals surface area contributed by atoms with Gasteiger partial charge in [-0.1, -0.05) is 35.9 Å². The van der Waals surface area contributed by atoms with Gasteiger partial charge < -0.3 is 10.5 Å². The van der Waals surface area contributed by atoms with Crippen LogP contribution in [0.25, 0.3) is 11.1 Å². The van der Waals surface area contributed by atoms with Gasteiger partial charge in [-0.25, -0.2) is 0 Å². The molecule has 1 fully saturated rings. The van der Waals surface area contributed by atoms with Crippen LogP contribution in [0.4, 0.5) is 0 Å². The fraction of sp³-hybridized carbons (Fsp3) is 0.333. The maximum absolute atomic E-state index is 5.78. The highest BCUT2D eigenvalue weighted by Crippen LogP contribution is 2.50. The number of methoxy groups -OCH3 is 1. The molecule has 2 aromatic rings. The molecule has 2 atom stereocenters. The molecule has 2 nitrogen and oxygen atoms in total. The summed E-state index contributed by atoms with van der Waals surface area (Å²) in [5.41, 5.74) is 10.9. The maximum Gasteiger partial charge on any atom is 0.122 e. The van der Waals surface area contributed by atoms with Crippen LogP contribution in [0.2, 0.25) is 0 Å². The first-order valence-electron chi connectivity index (χ1n) is 7.18. The Balaban J connectivity index is 0.00000161. The highest BCUT2D eigenvalue weighted by atomic mass is 35.5. The van der Waals surface area contributed by atoms with E-state index < -0.39 is 0 Å². The van der Waals surface area contributed by atoms with Crippen molar-refractivity contribution in [3.8, 4) is 16.9 Å². The monoisotopic (exact) mass is 303 g/mol. The molecule has 21 heavy (non-hydrogen) atoms. The van der Waals surface area contributed by atoms with Crippen LogP contribution in [-0.4, -0.2) is 13.7 Å². The summed E-state index contributed by atoms with van der Waals surface area (Å²) in [5, 5.41) is 0. The van der Waals surface area contributed by atoms with E-state index in [9.17, 15) is 0 Å². The Morgan fingerprint density at radius 2 is 1.76 bits per heavy atom. The molecule has 0 spiro atoms. The lowest BCUT2D eigenvalue weighted by molar-refractivity contribution is 0.409. The number of hydrogen-bond acceptors (Lipinski definition) is 2. The average molecular weight is 304 g/mol. The molecule has 0 aliphatic heterocycles. The highest BCUT2D eigenvalue weighted by Gasteiger charge is 2.38. The van der Waals surface area contributed by atoms with Crippen molar-refractivity contribution in [2.75, 3.05) is 13.7 Å². The summed E-state index contributed by atoms with van der Waals surface area (Å²) in [4.78, 5) is 0. The van der Waals surface area contributed by atoms with Gasteiger partial charge in [-0.3, -0.25) is 0 Å². The van der Waals surface area contributed by atoms with Crippen molar-refractivity contribution >= 4 is 12.4 Å². The van der Waals surface area contributed by atoms with E-state index in [0.717, 1.165) is 12.3 Å². The fourth-order valence-electron chi connectivity index (χ4n) is 2.84. The molecule has 0 saturated heterocycles. The lowest BCUT2D eigenvalue weighted by Crippen LogP contribution is -2.02. The van der Waals surface area contributed by atoms with Gasteiger partial charge in [0, 0.05) is 0 Å². The Labute approximate surface area is 132 Å². The quantitative estimate of drug-likeness (QED) is 0.920. The second kappa shape index (κ2) is 6.50. The third-order valence-electron chi connectivity index (χ3n) is 4.24. The number of nitrogens with two attached hydrogens (primary N) is 1. The van der Waals surface area contributed by atoms with Crippen LogP contribution in [0.3, 0.4) is 0 Å². The van der Waals surface area contributed by atoms with Gasteiger partial charge in [-0.15, -0.1) is 12.4 Å². The topological polar surface area (TPSA) is 35.2 Å². The summed E-state index contributed by atoms with van der Waals surface area (Å²) in [7, 11) is 1.74. The third kappa shape index (κ3) is 3.22. The van der Waals surface area contributed by atoms with E-state index in [2.05, 4.69) is 49.4 Å². The summed E-state index contributed by atoms with van der Waals surface area (Å²) in [6.45, 7) is 2.88. The minimum atomic E-state index is 0. The van der Waals surface area contributed by atoms with Crippen molar-refractivity contribution in [1.82, 2.24) is 0 Å². The molecule has 0 aromatic heterocycles. The summed E-state index contributed by atoms with van der Waals surface area (Å²) in [5.74, 6) is 2.18. The van der Waals surface area contributed by atoms with E-state index >= 15 is 0 Å². The normalized spacial score (nSPS) is 19.8. The first kappa shape index (κ1) is 15.9. The number of ether oxygens (including phenoxy) is 1. The van der Waals surface area contributed by atoms with Crippen LogP contribution in [0.5, 0.6) is 5.75 Å². The Morgan fingerprint density at radius 1 is 1.10 bits per heavy atom. The molecular weight excluding hydrogens is 282 g/mol. The fourth-order valence-corrected chi connectivity index (χ4v) is 2.84. The van der Waals surface area contributed by atoms with Gasteiger partial charge in [0.1, 0.15) is 5.75 Å². The molecule has 2 aromatic carbocycles. The molecule has 3 heteroatoms. The number of benzene rings is 2. The van der Waals surface area contributed by atoms with Gasteiger partial charge in [-0.2, -0.15) is 0 Å². The van der Waals surface area contributed by atoms with Crippen LogP contribution >= 0.6 is 12.4 Å². The van der Waals surface area contributed by atoms with Crippen LogP contribution in [0.15, 0.2) is 42.5 Å². The van der Waals surface area contributed by atoms with Crippen molar-refractivity contribution in [3.05, 3.63) is 53.6 Å². The van der Waals surface area contributed by atoms with E-state index in [1.807, 2.05) is 0 Å². The van der Waals surface area contributed by atoms with Crippen molar-refractivity contribution in [2.24, 2.45) is 11.7 Å². The second-order valence-corrected chi connectivity index (χ2v) is 5.66. The van der Waals surface area contributed by atoms with Gasteiger partial charge >= 0.3 is 0 Å². The molecule has 1 aliphatic rings. The third-order valence-corrected chi connectivity index (χ3v) is 4.24. The SMILES string of the molecule is COc1ccc(-c2ccc(C)cc2)cc1[C@H]1C[C@@H]1CN.Cl. The number of aryl methyl sites for hydroxylation is 1. The molecule has 3 rings (SSSR count). The molecule has 112 valence electrons. The highest BCUT2D eigenvalue weighted by molar-refractivity contribution is 5.85. The Hall–Kier alpha value is -1.51. The van der Waals surface area contributed by atoms with Gasteiger partial charge in [0.2, 0.25) is 0 Å². The van der Waals surface area contributed by atoms with Crippen LogP contribution in [-0.2, 0) is 0 Å². The zero-order valence-electron chi connectivity index (χ0n) is 12.5. The van der Waals surface area contributed by atoms with Gasteiger partial charge in [0.25, 0.3) is 0 Å². The van der Waals surface area contributed by atoms with E-state index in [1.165, 1.54) is 28.7 Å². The first-order chi connectivity index (χ1) is 9.72. The zero-order valence-corrected chi connectivity index (χ0v) is 13.3. The van der Waals surface area contributed by atoms with Crippen LogP contribution < -0.4 is 10.5 Å². The van der Waals surface area contributed by atoms with Gasteiger partial charge in [-0.05, 0) is 60.5 Å². The lowest BCUT2D eigenvalue weighted by Gasteiger charge is -2.11. The van der Waals surface area contributed by atoms with Crippen LogP contribution in [0, 0.1) is 12.8 Å². The second-order valence-electron chi connectivity index (χ2n) is 5.66. The minimum absolute atomic E-state index is 0. The van der Waals surface area contributed by atoms with Crippen molar-refractivity contribution in [2.45, 2.75) is 19.3 Å². The Morgan fingerprint density at radius 3 is 2.33 bits per heavy atom. The molecule has 1 saturated carbocycles. The predicted molar refractivity (Wildman–Crippen MR) is 90.3 cm³/mol. The summed E-state index contributed by atoms with van der Waals surface area (Å²) in [6, 6.07) is 15.1. The first-order valence-corrected chi connectivity index (χ1v) is 7.18. The largest absolute Gasteiger partial charge is 0.496 e. The van der Waals surface area contributed by atoms with E-state index in [4.69, 9.17) is 10.5 Å². The van der Waals surface area contributed by atoms with Crippen molar-refractivity contribution < 1.29 is 4.74 Å². The van der Waals surface area contributed by atoms with Gasteiger partial charge in [0.15, 0.2) is 0 Å². The van der Waals surface area contributed by atoms with Crippen molar-refractivity contribution in [1.29, 1.82) is 0 Å². The van der Waals surface area contributed by atoms with E-state index in [-0.39, 0.29) is 12.4 Å². The zero-order chi connectivity index (χ0) is 14.1. The Bertz CT molecular complexity index is 609. The molecule has 0 radical (unpaired) electrons. The number of hydrogen-bond donors (Lipinski definition) is 1. The standard InChI is InChI=1S/C18H21NO.ClH/c1-12-3-5-13(6-4-12)14-7-8-18(20-2)17(9-14)16-10-15(16)11-19;/h3-9,15-16H,10-11,19H2,1-2H3;1H/t15-,16+;/m1./s1.